The van der Waals surface area contributed by atoms with Crippen molar-refractivity contribution in [3.8, 4) is 11.3 Å². The molecule has 3 aromatic heterocycles. The first-order chi connectivity index (χ1) is 12.3. The van der Waals surface area contributed by atoms with Gasteiger partial charge in [-0.1, -0.05) is 12.1 Å². The number of halogens is 1. The molecule has 1 fully saturated rings. The Labute approximate surface area is 156 Å². The molecule has 4 heterocycles. The summed E-state index contributed by atoms with van der Waals surface area (Å²) < 4.78 is 7.55. The standard InChI is InChI=1S/C17H14BrN5OS/c18-12-9-25-16-14(10-2-1-3-13-11(10)8-19-22-13)20-17(21-15(12)16)23-4-6-24-7-5-23/h1-3,8-9H,4-7H2,(H,19,22). The third-order valence-corrected chi connectivity index (χ3v) is 6.28. The van der Waals surface area contributed by atoms with Crippen molar-refractivity contribution in [1.82, 2.24) is 20.2 Å². The van der Waals surface area contributed by atoms with E-state index in [9.17, 15) is 0 Å². The number of H-pyrrole nitrogens is 1. The molecule has 0 unspecified atom stereocenters. The molecule has 0 amide bonds. The predicted octanol–water partition coefficient (Wildman–Crippen LogP) is 3.83. The Kier molecular flexibility index (Phi) is 3.69. The maximum absolute atomic E-state index is 5.46. The van der Waals surface area contributed by atoms with E-state index in [-0.39, 0.29) is 0 Å². The van der Waals surface area contributed by atoms with E-state index < -0.39 is 0 Å². The van der Waals surface area contributed by atoms with Gasteiger partial charge in [-0.2, -0.15) is 5.10 Å². The monoisotopic (exact) mass is 415 g/mol. The molecule has 1 aliphatic heterocycles. The van der Waals surface area contributed by atoms with Crippen molar-refractivity contribution >= 4 is 54.3 Å². The number of fused-ring (bicyclic) bond motifs is 2. The Morgan fingerprint density at radius 3 is 2.96 bits per heavy atom. The van der Waals surface area contributed by atoms with Gasteiger partial charge in [0.05, 0.1) is 39.8 Å². The fourth-order valence-electron chi connectivity index (χ4n) is 3.14. The van der Waals surface area contributed by atoms with Gasteiger partial charge in [-0.3, -0.25) is 5.10 Å². The van der Waals surface area contributed by atoms with E-state index in [4.69, 9.17) is 14.7 Å². The summed E-state index contributed by atoms with van der Waals surface area (Å²) in [5.41, 5.74) is 3.99. The van der Waals surface area contributed by atoms with Crippen molar-refractivity contribution < 1.29 is 4.74 Å². The number of hydrogen-bond acceptors (Lipinski definition) is 6. The molecule has 4 aromatic rings. The van der Waals surface area contributed by atoms with E-state index in [1.54, 1.807) is 11.3 Å². The van der Waals surface area contributed by atoms with Crippen molar-refractivity contribution in [2.75, 3.05) is 31.2 Å². The number of nitrogens with one attached hydrogen (secondary N) is 1. The average Bonchev–Trinajstić information content (AvgIpc) is 3.28. The van der Waals surface area contributed by atoms with E-state index in [2.05, 4.69) is 42.5 Å². The van der Waals surface area contributed by atoms with Crippen LogP contribution in [0.25, 0.3) is 32.4 Å². The highest BCUT2D eigenvalue weighted by Gasteiger charge is 2.20. The maximum atomic E-state index is 5.46. The summed E-state index contributed by atoms with van der Waals surface area (Å²) in [6, 6.07) is 6.15. The van der Waals surface area contributed by atoms with E-state index in [0.29, 0.717) is 13.2 Å². The topological polar surface area (TPSA) is 66.9 Å². The third kappa shape index (κ3) is 2.52. The maximum Gasteiger partial charge on any atom is 0.226 e. The number of morpholine rings is 1. The molecule has 1 N–H and O–H groups in total. The van der Waals surface area contributed by atoms with Gasteiger partial charge in [-0.15, -0.1) is 11.3 Å². The molecule has 6 nitrogen and oxygen atoms in total. The van der Waals surface area contributed by atoms with Crippen molar-refractivity contribution in [2.24, 2.45) is 0 Å². The molecule has 0 saturated carbocycles. The first-order valence-electron chi connectivity index (χ1n) is 8.01. The molecule has 1 aromatic carbocycles. The third-order valence-electron chi connectivity index (χ3n) is 4.39. The highest BCUT2D eigenvalue weighted by molar-refractivity contribution is 9.10. The minimum atomic E-state index is 0.707. The number of nitrogens with zero attached hydrogens (tertiary/aromatic N) is 4. The molecule has 0 atom stereocenters. The van der Waals surface area contributed by atoms with Gasteiger partial charge >= 0.3 is 0 Å². The first-order valence-corrected chi connectivity index (χ1v) is 9.68. The van der Waals surface area contributed by atoms with Gasteiger partial charge < -0.3 is 9.64 Å². The molecule has 1 aliphatic rings. The summed E-state index contributed by atoms with van der Waals surface area (Å²) in [6.45, 7) is 3.03. The molecular weight excluding hydrogens is 402 g/mol. The van der Waals surface area contributed by atoms with E-state index >= 15 is 0 Å². The van der Waals surface area contributed by atoms with Gasteiger partial charge in [0.25, 0.3) is 0 Å². The summed E-state index contributed by atoms with van der Waals surface area (Å²) in [5, 5.41) is 10.4. The van der Waals surface area contributed by atoms with Crippen molar-refractivity contribution in [3.05, 3.63) is 34.2 Å². The Bertz CT molecular complexity index is 1070. The SMILES string of the molecule is Brc1csc2c(-c3cccc4[nH]ncc34)nc(N3CCOCC3)nc12. The van der Waals surface area contributed by atoms with Crippen LogP contribution in [0.2, 0.25) is 0 Å². The number of anilines is 1. The van der Waals surface area contributed by atoms with Crippen LogP contribution in [0.1, 0.15) is 0 Å². The lowest BCUT2D eigenvalue weighted by Gasteiger charge is -2.27. The van der Waals surface area contributed by atoms with Gasteiger partial charge in [0.1, 0.15) is 5.52 Å². The summed E-state index contributed by atoms with van der Waals surface area (Å²) >= 11 is 5.29. The van der Waals surface area contributed by atoms with Gasteiger partial charge in [0.2, 0.25) is 5.95 Å². The minimum absolute atomic E-state index is 0.707. The normalized spacial score (nSPS) is 15.3. The average molecular weight is 416 g/mol. The Morgan fingerprint density at radius 2 is 2.08 bits per heavy atom. The van der Waals surface area contributed by atoms with Gasteiger partial charge in [-0.25, -0.2) is 9.97 Å². The second-order valence-corrected chi connectivity index (χ2v) is 7.60. The van der Waals surface area contributed by atoms with Crippen LogP contribution in [0, 0.1) is 0 Å². The second kappa shape index (κ2) is 6.05. The van der Waals surface area contributed by atoms with Crippen LogP contribution in [-0.2, 0) is 4.74 Å². The number of ether oxygens (including phenoxy) is 1. The zero-order valence-corrected chi connectivity index (χ0v) is 15.6. The zero-order valence-electron chi connectivity index (χ0n) is 13.2. The molecule has 0 spiro atoms. The number of benzene rings is 1. The summed E-state index contributed by atoms with van der Waals surface area (Å²) in [5.74, 6) is 0.755. The highest BCUT2D eigenvalue weighted by atomic mass is 79.9. The molecule has 126 valence electrons. The Hall–Kier alpha value is -2.03. The quantitative estimate of drug-likeness (QED) is 0.538. The number of aromatic amines is 1. The van der Waals surface area contributed by atoms with E-state index in [0.717, 1.165) is 55.9 Å². The summed E-state index contributed by atoms with van der Waals surface area (Å²) in [6.07, 6.45) is 1.86. The van der Waals surface area contributed by atoms with Gasteiger partial charge in [0.15, 0.2) is 0 Å². The lowest BCUT2D eigenvalue weighted by molar-refractivity contribution is 0.122. The van der Waals surface area contributed by atoms with Crippen molar-refractivity contribution in [2.45, 2.75) is 0 Å². The van der Waals surface area contributed by atoms with Crippen molar-refractivity contribution in [3.63, 3.8) is 0 Å². The second-order valence-electron chi connectivity index (χ2n) is 5.87. The molecular formula is C17H14BrN5OS. The largest absolute Gasteiger partial charge is 0.378 e. The van der Waals surface area contributed by atoms with Crippen LogP contribution in [0.5, 0.6) is 0 Å². The highest BCUT2D eigenvalue weighted by Crippen LogP contribution is 2.38. The first kappa shape index (κ1) is 15.2. The van der Waals surface area contributed by atoms with Crippen LogP contribution >= 0.6 is 27.3 Å². The Balaban J connectivity index is 1.77. The lowest BCUT2D eigenvalue weighted by atomic mass is 10.1. The van der Waals surface area contributed by atoms with Crippen molar-refractivity contribution in [1.29, 1.82) is 0 Å². The zero-order chi connectivity index (χ0) is 16.8. The lowest BCUT2D eigenvalue weighted by Crippen LogP contribution is -2.37. The molecule has 1 saturated heterocycles. The molecule has 0 radical (unpaired) electrons. The van der Waals surface area contributed by atoms with E-state index in [1.807, 2.05) is 18.3 Å². The van der Waals surface area contributed by atoms with Crippen LogP contribution in [0.3, 0.4) is 0 Å². The van der Waals surface area contributed by atoms with Crippen LogP contribution in [0.4, 0.5) is 5.95 Å². The van der Waals surface area contributed by atoms with Gasteiger partial charge in [0, 0.05) is 29.4 Å². The minimum Gasteiger partial charge on any atom is -0.378 e. The number of rotatable bonds is 2. The van der Waals surface area contributed by atoms with Crippen LogP contribution < -0.4 is 4.90 Å². The number of hydrogen-bond donors (Lipinski definition) is 1. The molecule has 5 rings (SSSR count). The molecule has 0 bridgehead atoms. The summed E-state index contributed by atoms with van der Waals surface area (Å²) in [7, 11) is 0. The smallest absolute Gasteiger partial charge is 0.226 e. The molecule has 0 aliphatic carbocycles. The van der Waals surface area contributed by atoms with E-state index in [1.165, 1.54) is 0 Å². The fourth-order valence-corrected chi connectivity index (χ4v) is 4.71. The van der Waals surface area contributed by atoms with Crippen LogP contribution in [0.15, 0.2) is 34.2 Å². The molecule has 25 heavy (non-hydrogen) atoms. The number of aromatic nitrogens is 4. The van der Waals surface area contributed by atoms with Crippen LogP contribution in [-0.4, -0.2) is 46.5 Å². The fraction of sp³-hybridized carbons (Fsp3) is 0.235. The Morgan fingerprint density at radius 1 is 1.20 bits per heavy atom. The van der Waals surface area contributed by atoms with Gasteiger partial charge in [-0.05, 0) is 22.0 Å². The molecule has 8 heteroatoms. The number of thiophene rings is 1. The summed E-state index contributed by atoms with van der Waals surface area (Å²) in [4.78, 5) is 11.9. The predicted molar refractivity (Wildman–Crippen MR) is 103 cm³/mol.